The maximum absolute atomic E-state index is 11.9. The summed E-state index contributed by atoms with van der Waals surface area (Å²) < 4.78 is 0. The first-order valence-corrected chi connectivity index (χ1v) is 5.01. The summed E-state index contributed by atoms with van der Waals surface area (Å²) in [6, 6.07) is 10.0. The van der Waals surface area contributed by atoms with Gasteiger partial charge in [0, 0.05) is 19.3 Å². The number of carbonyl (C=O) groups is 1. The minimum atomic E-state index is -0.580. The van der Waals surface area contributed by atoms with Crippen molar-refractivity contribution in [2.45, 2.75) is 0 Å². The molecule has 2 aromatic rings. The largest absolute Gasteiger partial charge is 0.353 e. The lowest BCUT2D eigenvalue weighted by molar-refractivity contribution is -0.0140. The average molecular weight is 232 g/mol. The molecule has 2 N–H and O–H groups in total. The molecule has 6 nitrogen and oxygen atoms in total. The van der Waals surface area contributed by atoms with Crippen molar-refractivity contribution in [2.75, 3.05) is 11.9 Å². The third-order valence-electron chi connectivity index (χ3n) is 2.20. The van der Waals surface area contributed by atoms with E-state index >= 15 is 0 Å². The van der Waals surface area contributed by atoms with Gasteiger partial charge in [0.05, 0.1) is 5.69 Å². The molecule has 0 aliphatic carbocycles. The Bertz CT molecular complexity index is 481. The Balaban J connectivity index is 2.42. The zero-order valence-electron chi connectivity index (χ0n) is 9.24. The molecule has 0 fully saturated rings. The summed E-state index contributed by atoms with van der Waals surface area (Å²) in [5.74, 6) is 0.419. The number of H-pyrrole nitrogens is 1. The third kappa shape index (κ3) is 2.26. The first-order valence-electron chi connectivity index (χ1n) is 5.01. The number of hydrogen-bond donors (Lipinski definition) is 2. The number of para-hydroxylation sites is 1. The van der Waals surface area contributed by atoms with Gasteiger partial charge in [0.25, 0.3) is 0 Å². The summed E-state index contributed by atoms with van der Waals surface area (Å²) in [7, 11) is 1.27. The number of hydroxylamine groups is 2. The van der Waals surface area contributed by atoms with Crippen molar-refractivity contribution < 1.29 is 10.0 Å². The van der Waals surface area contributed by atoms with Crippen molar-refractivity contribution in [1.29, 1.82) is 0 Å². The molecule has 0 saturated carbocycles. The molecule has 6 heteroatoms. The van der Waals surface area contributed by atoms with Gasteiger partial charge in [-0.05, 0) is 12.1 Å². The molecule has 0 saturated heterocycles. The molecule has 88 valence electrons. The van der Waals surface area contributed by atoms with Gasteiger partial charge in [-0.1, -0.05) is 18.2 Å². The number of amides is 2. The lowest BCUT2D eigenvalue weighted by atomic mass is 10.3. The number of urea groups is 1. The van der Waals surface area contributed by atoms with E-state index in [1.807, 2.05) is 6.07 Å². The van der Waals surface area contributed by atoms with Crippen LogP contribution in [0.25, 0.3) is 0 Å². The van der Waals surface area contributed by atoms with E-state index in [0.29, 0.717) is 16.6 Å². The van der Waals surface area contributed by atoms with Crippen LogP contribution in [-0.4, -0.2) is 33.5 Å². The van der Waals surface area contributed by atoms with Gasteiger partial charge < -0.3 is 0 Å². The van der Waals surface area contributed by atoms with Crippen molar-refractivity contribution in [1.82, 2.24) is 15.3 Å². The van der Waals surface area contributed by atoms with Crippen molar-refractivity contribution in [3.8, 4) is 0 Å². The second-order valence-electron chi connectivity index (χ2n) is 3.41. The Morgan fingerprint density at radius 3 is 2.53 bits per heavy atom. The van der Waals surface area contributed by atoms with Crippen LogP contribution in [0.3, 0.4) is 0 Å². The normalized spacial score (nSPS) is 10.0. The van der Waals surface area contributed by atoms with Crippen LogP contribution < -0.4 is 4.90 Å². The summed E-state index contributed by atoms with van der Waals surface area (Å²) in [6.07, 6.45) is 1.61. The van der Waals surface area contributed by atoms with E-state index in [9.17, 15) is 10.0 Å². The van der Waals surface area contributed by atoms with Crippen LogP contribution >= 0.6 is 0 Å². The molecular weight excluding hydrogens is 220 g/mol. The van der Waals surface area contributed by atoms with Gasteiger partial charge in [0.1, 0.15) is 0 Å². The fraction of sp³-hybridized carbons (Fsp3) is 0.0909. The van der Waals surface area contributed by atoms with Crippen LogP contribution in [0.15, 0.2) is 42.6 Å². The zero-order valence-corrected chi connectivity index (χ0v) is 9.24. The first kappa shape index (κ1) is 11.2. The highest BCUT2D eigenvalue weighted by Gasteiger charge is 2.22. The Kier molecular flexibility index (Phi) is 3.06. The molecule has 1 aromatic carbocycles. The lowest BCUT2D eigenvalue weighted by Crippen LogP contribution is -2.36. The van der Waals surface area contributed by atoms with Crippen LogP contribution in [-0.2, 0) is 0 Å². The molecule has 0 aliphatic rings. The molecule has 0 spiro atoms. The van der Waals surface area contributed by atoms with E-state index in [1.165, 1.54) is 11.9 Å². The van der Waals surface area contributed by atoms with Gasteiger partial charge in [0.2, 0.25) is 0 Å². The minimum absolute atomic E-state index is 0.419. The standard InChI is InChI=1S/C11H12N4O2/c1-14(17)11(16)15(10-7-8-12-13-10)9-5-3-2-4-6-9/h2-8,17H,1H3,(H,12,13). The SMILES string of the molecule is CN(O)C(=O)N(c1ccccc1)c1cc[nH]n1. The van der Waals surface area contributed by atoms with Crippen molar-refractivity contribution >= 4 is 17.5 Å². The van der Waals surface area contributed by atoms with Crippen LogP contribution in [0.5, 0.6) is 0 Å². The molecular formula is C11H12N4O2. The lowest BCUT2D eigenvalue weighted by Gasteiger charge is -2.22. The molecule has 0 aliphatic heterocycles. The zero-order chi connectivity index (χ0) is 12.3. The molecule has 17 heavy (non-hydrogen) atoms. The molecule has 1 heterocycles. The smallest absolute Gasteiger partial charge is 0.285 e. The number of aromatic nitrogens is 2. The maximum atomic E-state index is 11.9. The molecule has 2 rings (SSSR count). The highest BCUT2D eigenvalue weighted by Crippen LogP contribution is 2.23. The van der Waals surface area contributed by atoms with Gasteiger partial charge in [0.15, 0.2) is 5.82 Å². The number of aromatic amines is 1. The molecule has 2 amide bonds. The van der Waals surface area contributed by atoms with Gasteiger partial charge >= 0.3 is 6.03 Å². The first-order chi connectivity index (χ1) is 8.20. The van der Waals surface area contributed by atoms with Gasteiger partial charge in [-0.15, -0.1) is 0 Å². The van der Waals surface area contributed by atoms with Crippen molar-refractivity contribution in [3.05, 3.63) is 42.6 Å². The Morgan fingerprint density at radius 1 is 1.29 bits per heavy atom. The molecule has 0 radical (unpaired) electrons. The molecule has 0 atom stereocenters. The topological polar surface area (TPSA) is 72.5 Å². The second kappa shape index (κ2) is 4.67. The Hall–Kier alpha value is -2.34. The van der Waals surface area contributed by atoms with E-state index < -0.39 is 6.03 Å². The second-order valence-corrected chi connectivity index (χ2v) is 3.41. The minimum Gasteiger partial charge on any atom is -0.285 e. The number of nitrogens with one attached hydrogen (secondary N) is 1. The van der Waals surface area contributed by atoms with E-state index in [1.54, 1.807) is 36.5 Å². The fourth-order valence-corrected chi connectivity index (χ4v) is 1.44. The number of rotatable bonds is 2. The van der Waals surface area contributed by atoms with E-state index in [0.717, 1.165) is 0 Å². The maximum Gasteiger partial charge on any atom is 0.353 e. The highest BCUT2D eigenvalue weighted by atomic mass is 16.5. The molecule has 1 aromatic heterocycles. The Morgan fingerprint density at radius 2 is 2.00 bits per heavy atom. The molecule has 0 bridgehead atoms. The predicted molar refractivity (Wildman–Crippen MR) is 62.1 cm³/mol. The van der Waals surface area contributed by atoms with Crippen LogP contribution in [0, 0.1) is 0 Å². The summed E-state index contributed by atoms with van der Waals surface area (Å²) in [5, 5.41) is 16.3. The van der Waals surface area contributed by atoms with E-state index in [2.05, 4.69) is 10.2 Å². The number of anilines is 2. The average Bonchev–Trinajstić information content (AvgIpc) is 2.84. The van der Waals surface area contributed by atoms with Gasteiger partial charge in [-0.25, -0.2) is 14.8 Å². The highest BCUT2D eigenvalue weighted by molar-refractivity contribution is 5.97. The van der Waals surface area contributed by atoms with Gasteiger partial charge in [-0.2, -0.15) is 5.10 Å². The van der Waals surface area contributed by atoms with Crippen LogP contribution in [0.4, 0.5) is 16.3 Å². The Labute approximate surface area is 98.0 Å². The van der Waals surface area contributed by atoms with Crippen LogP contribution in [0.1, 0.15) is 0 Å². The van der Waals surface area contributed by atoms with Crippen molar-refractivity contribution in [2.24, 2.45) is 0 Å². The van der Waals surface area contributed by atoms with Crippen LogP contribution in [0.2, 0.25) is 0 Å². The summed E-state index contributed by atoms with van der Waals surface area (Å²) in [6.45, 7) is 0. The summed E-state index contributed by atoms with van der Waals surface area (Å²) >= 11 is 0. The quantitative estimate of drug-likeness (QED) is 0.614. The monoisotopic (exact) mass is 232 g/mol. The summed E-state index contributed by atoms with van der Waals surface area (Å²) in [5.41, 5.74) is 0.630. The number of benzene rings is 1. The number of hydrogen-bond acceptors (Lipinski definition) is 3. The molecule has 0 unspecified atom stereocenters. The predicted octanol–water partition coefficient (Wildman–Crippen LogP) is 1.99. The fourth-order valence-electron chi connectivity index (χ4n) is 1.44. The summed E-state index contributed by atoms with van der Waals surface area (Å²) in [4.78, 5) is 13.2. The number of nitrogens with zero attached hydrogens (tertiary/aromatic N) is 3. The van der Waals surface area contributed by atoms with E-state index in [4.69, 9.17) is 0 Å². The third-order valence-corrected chi connectivity index (χ3v) is 2.20. The number of carbonyl (C=O) groups excluding carboxylic acids is 1. The van der Waals surface area contributed by atoms with E-state index in [-0.39, 0.29) is 0 Å². The van der Waals surface area contributed by atoms with Crippen molar-refractivity contribution in [3.63, 3.8) is 0 Å². The van der Waals surface area contributed by atoms with Gasteiger partial charge in [-0.3, -0.25) is 10.3 Å².